The SMILES string of the molecule is CC(NC(=O)O)c1ccc(NS(C)(=O)=O)c(C#Cc2ccccc2)c1. The minimum Gasteiger partial charge on any atom is -0.465 e. The Hall–Kier alpha value is -2.98. The lowest BCUT2D eigenvalue weighted by molar-refractivity contribution is 0.191. The third kappa shape index (κ3) is 5.86. The predicted octanol–water partition coefficient (Wildman–Crippen LogP) is 2.79. The lowest BCUT2D eigenvalue weighted by Crippen LogP contribution is -2.24. The molecule has 2 rings (SSSR count). The van der Waals surface area contributed by atoms with Crippen molar-refractivity contribution in [2.24, 2.45) is 0 Å². The molecular weight excluding hydrogens is 340 g/mol. The summed E-state index contributed by atoms with van der Waals surface area (Å²) in [6.45, 7) is 1.70. The van der Waals surface area contributed by atoms with Crippen LogP contribution < -0.4 is 10.0 Å². The van der Waals surface area contributed by atoms with E-state index in [2.05, 4.69) is 21.9 Å². The molecule has 0 spiro atoms. The van der Waals surface area contributed by atoms with Crippen LogP contribution in [0.15, 0.2) is 48.5 Å². The van der Waals surface area contributed by atoms with Gasteiger partial charge in [0.1, 0.15) is 0 Å². The molecule has 0 fully saturated rings. The Kier molecular flexibility index (Phi) is 5.67. The Labute approximate surface area is 146 Å². The first-order valence-electron chi connectivity index (χ1n) is 7.43. The Morgan fingerprint density at radius 1 is 1.12 bits per heavy atom. The molecular formula is C18H18N2O4S. The number of anilines is 1. The first kappa shape index (κ1) is 18.4. The number of benzene rings is 2. The molecule has 0 saturated heterocycles. The summed E-state index contributed by atoms with van der Waals surface area (Å²) in [5, 5.41) is 11.2. The second kappa shape index (κ2) is 7.73. The van der Waals surface area contributed by atoms with E-state index in [0.29, 0.717) is 16.8 Å². The number of amides is 1. The summed E-state index contributed by atoms with van der Waals surface area (Å²) in [5.41, 5.74) is 2.27. The Morgan fingerprint density at radius 2 is 1.80 bits per heavy atom. The molecule has 0 aromatic heterocycles. The summed E-state index contributed by atoms with van der Waals surface area (Å²) in [7, 11) is -3.46. The molecule has 0 heterocycles. The van der Waals surface area contributed by atoms with E-state index >= 15 is 0 Å². The molecule has 2 aromatic rings. The van der Waals surface area contributed by atoms with E-state index in [-0.39, 0.29) is 0 Å². The van der Waals surface area contributed by atoms with Crippen LogP contribution in [0.2, 0.25) is 0 Å². The predicted molar refractivity (Wildman–Crippen MR) is 96.9 cm³/mol. The van der Waals surface area contributed by atoms with Gasteiger partial charge in [-0.3, -0.25) is 4.72 Å². The van der Waals surface area contributed by atoms with Crippen LogP contribution in [0.1, 0.15) is 29.7 Å². The Balaban J connectivity index is 2.44. The smallest absolute Gasteiger partial charge is 0.405 e. The van der Waals surface area contributed by atoms with Gasteiger partial charge in [-0.15, -0.1) is 0 Å². The van der Waals surface area contributed by atoms with E-state index in [9.17, 15) is 13.2 Å². The average Bonchev–Trinajstić information content (AvgIpc) is 2.52. The highest BCUT2D eigenvalue weighted by Gasteiger charge is 2.12. The normalized spacial score (nSPS) is 11.8. The maximum absolute atomic E-state index is 11.5. The molecule has 0 bridgehead atoms. The molecule has 0 aliphatic heterocycles. The maximum Gasteiger partial charge on any atom is 0.405 e. The first-order chi connectivity index (χ1) is 11.7. The molecule has 1 amide bonds. The quantitative estimate of drug-likeness (QED) is 0.732. The van der Waals surface area contributed by atoms with Crippen LogP contribution in [0.3, 0.4) is 0 Å². The molecule has 6 nitrogen and oxygen atoms in total. The van der Waals surface area contributed by atoms with Crippen LogP contribution in [0, 0.1) is 11.8 Å². The van der Waals surface area contributed by atoms with Crippen molar-refractivity contribution in [1.82, 2.24) is 5.32 Å². The van der Waals surface area contributed by atoms with Crippen LogP contribution >= 0.6 is 0 Å². The van der Waals surface area contributed by atoms with Crippen molar-refractivity contribution in [1.29, 1.82) is 0 Å². The lowest BCUT2D eigenvalue weighted by Gasteiger charge is -2.14. The Morgan fingerprint density at radius 3 is 2.40 bits per heavy atom. The molecule has 0 aliphatic rings. The maximum atomic E-state index is 11.5. The average molecular weight is 358 g/mol. The summed E-state index contributed by atoms with van der Waals surface area (Å²) < 4.78 is 25.5. The van der Waals surface area contributed by atoms with E-state index in [1.807, 2.05) is 30.3 Å². The molecule has 1 unspecified atom stereocenters. The first-order valence-corrected chi connectivity index (χ1v) is 9.32. The van der Waals surface area contributed by atoms with Crippen molar-refractivity contribution in [3.8, 4) is 11.8 Å². The highest BCUT2D eigenvalue weighted by molar-refractivity contribution is 7.92. The zero-order valence-electron chi connectivity index (χ0n) is 13.8. The van der Waals surface area contributed by atoms with Crippen LogP contribution in [0.25, 0.3) is 0 Å². The zero-order valence-corrected chi connectivity index (χ0v) is 14.6. The van der Waals surface area contributed by atoms with Crippen molar-refractivity contribution in [2.45, 2.75) is 13.0 Å². The number of carbonyl (C=O) groups is 1. The summed E-state index contributed by atoms with van der Waals surface area (Å²) in [6, 6.07) is 13.7. The molecule has 2 aromatic carbocycles. The minimum atomic E-state index is -3.46. The fourth-order valence-corrected chi connectivity index (χ4v) is 2.73. The fourth-order valence-electron chi connectivity index (χ4n) is 2.15. The van der Waals surface area contributed by atoms with Gasteiger partial charge in [0.2, 0.25) is 10.0 Å². The molecule has 0 radical (unpaired) electrons. The third-order valence-corrected chi connectivity index (χ3v) is 3.88. The van der Waals surface area contributed by atoms with Gasteiger partial charge in [0.25, 0.3) is 0 Å². The minimum absolute atomic E-state index is 0.345. The van der Waals surface area contributed by atoms with E-state index in [0.717, 1.165) is 11.8 Å². The van der Waals surface area contributed by atoms with E-state index in [1.54, 1.807) is 25.1 Å². The monoisotopic (exact) mass is 358 g/mol. The van der Waals surface area contributed by atoms with Gasteiger partial charge < -0.3 is 10.4 Å². The van der Waals surface area contributed by atoms with E-state index in [1.165, 1.54) is 0 Å². The summed E-state index contributed by atoms with van der Waals surface area (Å²) in [6.07, 6.45) is -0.0769. The highest BCUT2D eigenvalue weighted by Crippen LogP contribution is 2.22. The van der Waals surface area contributed by atoms with E-state index < -0.39 is 22.2 Å². The van der Waals surface area contributed by atoms with Crippen molar-refractivity contribution in [3.63, 3.8) is 0 Å². The lowest BCUT2D eigenvalue weighted by atomic mass is 10.0. The fraction of sp³-hybridized carbons (Fsp3) is 0.167. The second-order valence-electron chi connectivity index (χ2n) is 5.47. The number of sulfonamides is 1. The summed E-state index contributed by atoms with van der Waals surface area (Å²) in [4.78, 5) is 10.8. The summed E-state index contributed by atoms with van der Waals surface area (Å²) >= 11 is 0. The van der Waals surface area contributed by atoms with Crippen LogP contribution in [0.4, 0.5) is 10.5 Å². The molecule has 130 valence electrons. The van der Waals surface area contributed by atoms with Gasteiger partial charge in [0.05, 0.1) is 18.0 Å². The standard InChI is InChI=1S/C18H18N2O4S/c1-13(19-18(21)22)15-10-11-17(20-25(2,23)24)16(12-15)9-8-14-6-4-3-5-7-14/h3-7,10-13,19-20H,1-2H3,(H,21,22). The van der Waals surface area contributed by atoms with Gasteiger partial charge in [-0.25, -0.2) is 13.2 Å². The van der Waals surface area contributed by atoms with Crippen LogP contribution in [-0.4, -0.2) is 25.9 Å². The zero-order chi connectivity index (χ0) is 18.4. The number of hydrogen-bond donors (Lipinski definition) is 3. The molecule has 0 saturated carbocycles. The van der Waals surface area contributed by atoms with Crippen molar-refractivity contribution >= 4 is 21.8 Å². The number of rotatable bonds is 4. The summed E-state index contributed by atoms with van der Waals surface area (Å²) in [5.74, 6) is 5.92. The Bertz CT molecular complexity index is 929. The van der Waals surface area contributed by atoms with Gasteiger partial charge in [0.15, 0.2) is 0 Å². The van der Waals surface area contributed by atoms with Gasteiger partial charge in [-0.1, -0.05) is 36.1 Å². The second-order valence-corrected chi connectivity index (χ2v) is 7.21. The topological polar surface area (TPSA) is 95.5 Å². The molecule has 1 atom stereocenters. The molecule has 25 heavy (non-hydrogen) atoms. The van der Waals surface area contributed by atoms with Crippen molar-refractivity contribution in [3.05, 3.63) is 65.2 Å². The molecule has 3 N–H and O–H groups in total. The largest absolute Gasteiger partial charge is 0.465 e. The van der Waals surface area contributed by atoms with Gasteiger partial charge >= 0.3 is 6.09 Å². The van der Waals surface area contributed by atoms with Gasteiger partial charge in [-0.05, 0) is 36.8 Å². The van der Waals surface area contributed by atoms with Crippen molar-refractivity contribution < 1.29 is 18.3 Å². The number of hydrogen-bond acceptors (Lipinski definition) is 3. The van der Waals surface area contributed by atoms with Gasteiger partial charge in [-0.2, -0.15) is 0 Å². The van der Waals surface area contributed by atoms with Crippen molar-refractivity contribution in [2.75, 3.05) is 11.0 Å². The van der Waals surface area contributed by atoms with Crippen LogP contribution in [-0.2, 0) is 10.0 Å². The highest BCUT2D eigenvalue weighted by atomic mass is 32.2. The molecule has 0 aliphatic carbocycles. The van der Waals surface area contributed by atoms with Gasteiger partial charge in [0, 0.05) is 11.1 Å². The van der Waals surface area contributed by atoms with E-state index in [4.69, 9.17) is 5.11 Å². The van der Waals surface area contributed by atoms with Crippen LogP contribution in [0.5, 0.6) is 0 Å². The third-order valence-electron chi connectivity index (χ3n) is 3.29. The molecule has 7 heteroatoms. The number of nitrogens with one attached hydrogen (secondary N) is 2. The number of carboxylic acid groups (broad SMARTS) is 1.